The molecular weight excluding hydrogens is 226 g/mol. The molecule has 1 aliphatic heterocycles. The third-order valence-electron chi connectivity index (χ3n) is 4.32. The molecule has 1 saturated heterocycles. The Morgan fingerprint density at radius 2 is 1.76 bits per heavy atom. The van der Waals surface area contributed by atoms with Crippen molar-refractivity contribution in [3.05, 3.63) is 35.4 Å². The summed E-state index contributed by atoms with van der Waals surface area (Å²) < 4.78 is 0. The van der Waals surface area contributed by atoms with Crippen LogP contribution in [0.1, 0.15) is 49.1 Å². The summed E-state index contributed by atoms with van der Waals surface area (Å²) in [6.07, 6.45) is 6.29. The normalized spacial score (nSPS) is 24.3. The summed E-state index contributed by atoms with van der Waals surface area (Å²) in [6, 6.07) is 8.93. The zero-order valence-electron chi connectivity index (χ0n) is 10.3. The van der Waals surface area contributed by atoms with Gasteiger partial charge in [0, 0.05) is 23.0 Å². The molecule has 0 aromatic heterocycles. The van der Waals surface area contributed by atoms with Gasteiger partial charge in [0.1, 0.15) is 0 Å². The first-order chi connectivity index (χ1) is 8.30. The van der Waals surface area contributed by atoms with Crippen LogP contribution in [0.2, 0.25) is 0 Å². The maximum absolute atomic E-state index is 6.69. The van der Waals surface area contributed by atoms with E-state index < -0.39 is 0 Å². The van der Waals surface area contributed by atoms with Crippen molar-refractivity contribution in [3.63, 3.8) is 0 Å². The van der Waals surface area contributed by atoms with Gasteiger partial charge in [-0.3, -0.25) is 0 Å². The minimum atomic E-state index is -0.0326. The summed E-state index contributed by atoms with van der Waals surface area (Å²) in [6.45, 7) is 0. The second-order valence-electron chi connectivity index (χ2n) is 5.54. The first-order valence-electron chi connectivity index (χ1n) is 6.76. The monoisotopic (exact) mass is 247 g/mol. The lowest BCUT2D eigenvalue weighted by molar-refractivity contribution is 0.300. The van der Waals surface area contributed by atoms with E-state index >= 15 is 0 Å². The lowest BCUT2D eigenvalue weighted by Crippen LogP contribution is -2.40. The van der Waals surface area contributed by atoms with E-state index in [4.69, 9.17) is 5.73 Å². The third kappa shape index (κ3) is 2.13. The van der Waals surface area contributed by atoms with Crippen molar-refractivity contribution in [1.82, 2.24) is 0 Å². The second kappa shape index (κ2) is 4.66. The molecule has 2 aliphatic rings. The Labute approximate surface area is 108 Å². The molecule has 0 amide bonds. The maximum Gasteiger partial charge on any atom is 0.0412 e. The van der Waals surface area contributed by atoms with Crippen LogP contribution in [0, 0.1) is 0 Å². The number of hydrogen-bond donors (Lipinski definition) is 1. The summed E-state index contributed by atoms with van der Waals surface area (Å²) in [5, 5.41) is 0. The predicted octanol–water partition coefficient (Wildman–Crippen LogP) is 3.64. The number of benzene rings is 1. The lowest BCUT2D eigenvalue weighted by Gasteiger charge is -2.38. The van der Waals surface area contributed by atoms with Crippen LogP contribution in [0.4, 0.5) is 0 Å². The molecule has 0 bridgehead atoms. The number of nitrogens with two attached hydrogens (primary N) is 1. The minimum Gasteiger partial charge on any atom is -0.321 e. The molecule has 1 aromatic carbocycles. The van der Waals surface area contributed by atoms with Gasteiger partial charge in [-0.1, -0.05) is 43.5 Å². The van der Waals surface area contributed by atoms with Gasteiger partial charge in [-0.15, -0.1) is 0 Å². The van der Waals surface area contributed by atoms with Gasteiger partial charge < -0.3 is 5.73 Å². The van der Waals surface area contributed by atoms with Crippen LogP contribution in [0.3, 0.4) is 0 Å². The molecule has 0 radical (unpaired) electrons. The Hall–Kier alpha value is -0.470. The Bertz CT molecular complexity index is 392. The van der Waals surface area contributed by atoms with Crippen LogP contribution in [0.25, 0.3) is 0 Å². The van der Waals surface area contributed by atoms with Crippen LogP contribution >= 0.6 is 11.8 Å². The second-order valence-corrected chi connectivity index (χ2v) is 6.61. The number of hydrogen-bond acceptors (Lipinski definition) is 2. The van der Waals surface area contributed by atoms with Gasteiger partial charge in [-0.05, 0) is 24.0 Å². The molecule has 0 atom stereocenters. The highest BCUT2D eigenvalue weighted by Crippen LogP contribution is 2.42. The highest BCUT2D eigenvalue weighted by atomic mass is 32.2. The Balaban J connectivity index is 1.95. The van der Waals surface area contributed by atoms with Crippen LogP contribution < -0.4 is 5.73 Å². The van der Waals surface area contributed by atoms with Crippen molar-refractivity contribution in [2.45, 2.75) is 43.6 Å². The van der Waals surface area contributed by atoms with Crippen LogP contribution in [-0.4, -0.2) is 11.5 Å². The van der Waals surface area contributed by atoms with Gasteiger partial charge in [-0.2, -0.15) is 11.8 Å². The standard InChI is InChI=1S/C15H21NS/c16-15(8-4-1-5-9-15)14-7-3-2-6-13(14)12-10-17-11-12/h2-3,6-7,12H,1,4-5,8-11,16H2. The van der Waals surface area contributed by atoms with Crippen molar-refractivity contribution in [1.29, 1.82) is 0 Å². The quantitative estimate of drug-likeness (QED) is 0.863. The Morgan fingerprint density at radius 3 is 2.41 bits per heavy atom. The van der Waals surface area contributed by atoms with Gasteiger partial charge in [-0.25, -0.2) is 0 Å². The molecule has 3 rings (SSSR count). The molecule has 1 aliphatic carbocycles. The van der Waals surface area contributed by atoms with Crippen molar-refractivity contribution < 1.29 is 0 Å². The van der Waals surface area contributed by atoms with Crippen LogP contribution in [0.15, 0.2) is 24.3 Å². The SMILES string of the molecule is NC1(c2ccccc2C2CSC2)CCCCC1. The van der Waals surface area contributed by atoms with Crippen molar-refractivity contribution in [2.75, 3.05) is 11.5 Å². The Morgan fingerprint density at radius 1 is 1.06 bits per heavy atom. The van der Waals surface area contributed by atoms with E-state index in [1.165, 1.54) is 54.7 Å². The zero-order valence-corrected chi connectivity index (χ0v) is 11.1. The summed E-state index contributed by atoms with van der Waals surface area (Å²) in [5.41, 5.74) is 9.65. The minimum absolute atomic E-state index is 0.0326. The van der Waals surface area contributed by atoms with Crippen LogP contribution in [0.5, 0.6) is 0 Å². The van der Waals surface area contributed by atoms with E-state index in [-0.39, 0.29) is 5.54 Å². The molecule has 92 valence electrons. The summed E-state index contributed by atoms with van der Waals surface area (Å²) in [5.74, 6) is 3.33. The van der Waals surface area contributed by atoms with Gasteiger partial charge in [0.2, 0.25) is 0 Å². The molecule has 2 heteroatoms. The zero-order chi connectivity index (χ0) is 11.7. The fourth-order valence-corrected chi connectivity index (χ4v) is 4.00. The molecule has 2 fully saturated rings. The molecule has 0 spiro atoms. The van der Waals surface area contributed by atoms with E-state index in [1.54, 1.807) is 0 Å². The smallest absolute Gasteiger partial charge is 0.0412 e. The first-order valence-corrected chi connectivity index (χ1v) is 7.91. The summed E-state index contributed by atoms with van der Waals surface area (Å²) >= 11 is 2.05. The molecule has 1 heterocycles. The van der Waals surface area contributed by atoms with E-state index in [2.05, 4.69) is 36.0 Å². The van der Waals surface area contributed by atoms with Gasteiger partial charge >= 0.3 is 0 Å². The molecular formula is C15H21NS. The average Bonchev–Trinajstić information content (AvgIpc) is 2.28. The van der Waals surface area contributed by atoms with Gasteiger partial charge in [0.15, 0.2) is 0 Å². The van der Waals surface area contributed by atoms with E-state index in [9.17, 15) is 0 Å². The van der Waals surface area contributed by atoms with E-state index in [1.807, 2.05) is 0 Å². The number of thioether (sulfide) groups is 1. The lowest BCUT2D eigenvalue weighted by atomic mass is 9.74. The predicted molar refractivity (Wildman–Crippen MR) is 75.5 cm³/mol. The molecule has 1 saturated carbocycles. The van der Waals surface area contributed by atoms with Crippen LogP contribution in [-0.2, 0) is 5.54 Å². The topological polar surface area (TPSA) is 26.0 Å². The maximum atomic E-state index is 6.69. The molecule has 1 nitrogen and oxygen atoms in total. The molecule has 1 aromatic rings. The van der Waals surface area contributed by atoms with Crippen molar-refractivity contribution in [3.8, 4) is 0 Å². The van der Waals surface area contributed by atoms with E-state index in [0.29, 0.717) is 0 Å². The Kier molecular flexibility index (Phi) is 3.18. The highest BCUT2D eigenvalue weighted by molar-refractivity contribution is 8.00. The fraction of sp³-hybridized carbons (Fsp3) is 0.600. The van der Waals surface area contributed by atoms with Crippen molar-refractivity contribution >= 4 is 11.8 Å². The number of rotatable bonds is 2. The summed E-state index contributed by atoms with van der Waals surface area (Å²) in [4.78, 5) is 0. The molecule has 2 N–H and O–H groups in total. The van der Waals surface area contributed by atoms with Gasteiger partial charge in [0.25, 0.3) is 0 Å². The van der Waals surface area contributed by atoms with E-state index in [0.717, 1.165) is 5.92 Å². The average molecular weight is 247 g/mol. The largest absolute Gasteiger partial charge is 0.321 e. The fourth-order valence-electron chi connectivity index (χ4n) is 3.17. The molecule has 0 unspecified atom stereocenters. The molecule has 17 heavy (non-hydrogen) atoms. The third-order valence-corrected chi connectivity index (χ3v) is 5.60. The first kappa shape index (κ1) is 11.6. The highest BCUT2D eigenvalue weighted by Gasteiger charge is 2.34. The van der Waals surface area contributed by atoms with Crippen molar-refractivity contribution in [2.24, 2.45) is 5.73 Å². The summed E-state index contributed by atoms with van der Waals surface area (Å²) in [7, 11) is 0. The van der Waals surface area contributed by atoms with Gasteiger partial charge in [0.05, 0.1) is 0 Å².